The Kier molecular flexibility index (Phi) is 5.18. The fourth-order valence-corrected chi connectivity index (χ4v) is 4.60. The van der Waals surface area contributed by atoms with E-state index in [4.69, 9.17) is 44.8 Å². The van der Waals surface area contributed by atoms with Gasteiger partial charge in [-0.05, 0) is 30.3 Å². The average molecular weight is 470 g/mol. The molecule has 0 aliphatic carbocycles. The number of rotatable bonds is 4. The Morgan fingerprint density at radius 2 is 1.55 bits per heavy atom. The van der Waals surface area contributed by atoms with Crippen LogP contribution in [-0.4, -0.2) is 20.4 Å². The van der Waals surface area contributed by atoms with Gasteiger partial charge >= 0.3 is 0 Å². The van der Waals surface area contributed by atoms with Crippen LogP contribution in [0.15, 0.2) is 60.7 Å². The molecule has 0 fully saturated rings. The third-order valence-corrected chi connectivity index (χ3v) is 5.91. The summed E-state index contributed by atoms with van der Waals surface area (Å²) in [6.45, 7) is 0.422. The van der Waals surface area contributed by atoms with Crippen LogP contribution in [0.1, 0.15) is 6.42 Å². The van der Waals surface area contributed by atoms with Crippen molar-refractivity contribution in [1.82, 2.24) is 14.5 Å². The average Bonchev–Trinajstić information content (AvgIpc) is 3.06. The smallest absolute Gasteiger partial charge is 0.226 e. The first-order valence-electron chi connectivity index (χ1n) is 9.59. The van der Waals surface area contributed by atoms with E-state index in [9.17, 15) is 4.79 Å². The number of fused-ring (bicyclic) bond motifs is 4. The molecule has 2 heterocycles. The lowest BCUT2D eigenvalue weighted by atomic mass is 10.2. The minimum atomic E-state index is -0.217. The highest BCUT2D eigenvalue weighted by molar-refractivity contribution is 6.42. The van der Waals surface area contributed by atoms with Crippen molar-refractivity contribution in [3.8, 4) is 0 Å². The van der Waals surface area contributed by atoms with Crippen molar-refractivity contribution in [3.05, 3.63) is 75.7 Å². The van der Waals surface area contributed by atoms with Crippen molar-refractivity contribution < 1.29 is 4.79 Å². The minimum absolute atomic E-state index is 0.206. The van der Waals surface area contributed by atoms with Crippen LogP contribution in [0, 0.1) is 0 Å². The van der Waals surface area contributed by atoms with Crippen molar-refractivity contribution in [3.63, 3.8) is 0 Å². The van der Waals surface area contributed by atoms with Gasteiger partial charge in [0.2, 0.25) is 5.91 Å². The second-order valence-corrected chi connectivity index (χ2v) is 8.35. The predicted octanol–water partition coefficient (Wildman–Crippen LogP) is 6.73. The Hall–Kier alpha value is -2.86. The molecule has 0 saturated heterocycles. The number of benzene rings is 3. The van der Waals surface area contributed by atoms with E-state index in [0.717, 1.165) is 33.1 Å². The number of carbonyl (C=O) groups excluding carboxylic acids is 1. The van der Waals surface area contributed by atoms with Crippen LogP contribution in [0.4, 0.5) is 5.69 Å². The molecule has 31 heavy (non-hydrogen) atoms. The highest BCUT2D eigenvalue weighted by Crippen LogP contribution is 2.34. The van der Waals surface area contributed by atoms with Crippen LogP contribution in [-0.2, 0) is 11.3 Å². The van der Waals surface area contributed by atoms with E-state index in [1.54, 1.807) is 0 Å². The van der Waals surface area contributed by atoms with Crippen molar-refractivity contribution in [2.45, 2.75) is 13.0 Å². The monoisotopic (exact) mass is 468 g/mol. The fraction of sp³-hybridized carbons (Fsp3) is 0.0870. The molecule has 3 aromatic carbocycles. The van der Waals surface area contributed by atoms with Gasteiger partial charge in [0.25, 0.3) is 0 Å². The number of hydrogen-bond donors (Lipinski definition) is 1. The van der Waals surface area contributed by atoms with E-state index in [0.29, 0.717) is 27.3 Å². The second kappa shape index (κ2) is 8.00. The summed E-state index contributed by atoms with van der Waals surface area (Å²) >= 11 is 18.3. The van der Waals surface area contributed by atoms with E-state index in [1.165, 1.54) is 12.1 Å². The molecule has 2 aromatic heterocycles. The van der Waals surface area contributed by atoms with E-state index < -0.39 is 0 Å². The highest BCUT2D eigenvalue weighted by atomic mass is 35.5. The molecule has 0 bridgehead atoms. The van der Waals surface area contributed by atoms with Gasteiger partial charge in [-0.15, -0.1) is 0 Å². The zero-order valence-corrected chi connectivity index (χ0v) is 18.3. The van der Waals surface area contributed by atoms with Gasteiger partial charge in [0.05, 0.1) is 32.3 Å². The Balaban J connectivity index is 1.50. The first kappa shape index (κ1) is 20.1. The summed E-state index contributed by atoms with van der Waals surface area (Å²) in [5.41, 5.74) is 4.54. The molecular formula is C23H15Cl3N4O. The van der Waals surface area contributed by atoms with Crippen LogP contribution in [0.2, 0.25) is 15.1 Å². The van der Waals surface area contributed by atoms with Crippen molar-refractivity contribution in [1.29, 1.82) is 0 Å². The van der Waals surface area contributed by atoms with Gasteiger partial charge in [-0.1, -0.05) is 65.1 Å². The third kappa shape index (κ3) is 3.69. The molecular weight excluding hydrogens is 455 g/mol. The van der Waals surface area contributed by atoms with Crippen molar-refractivity contribution in [2.75, 3.05) is 5.32 Å². The molecule has 154 valence electrons. The molecule has 5 aromatic rings. The lowest BCUT2D eigenvalue weighted by Crippen LogP contribution is -2.15. The van der Waals surface area contributed by atoms with Crippen molar-refractivity contribution in [2.24, 2.45) is 0 Å². The Morgan fingerprint density at radius 1 is 0.903 bits per heavy atom. The molecule has 1 amide bonds. The summed E-state index contributed by atoms with van der Waals surface area (Å²) in [6, 6.07) is 18.8. The molecule has 0 aliphatic rings. The number of hydrogen-bond acceptors (Lipinski definition) is 3. The van der Waals surface area contributed by atoms with Gasteiger partial charge in [-0.3, -0.25) is 4.79 Å². The first-order valence-corrected chi connectivity index (χ1v) is 10.7. The molecule has 1 N–H and O–H groups in total. The lowest BCUT2D eigenvalue weighted by molar-refractivity contribution is -0.116. The number of nitrogens with one attached hydrogen (secondary N) is 1. The number of aryl methyl sites for hydroxylation is 1. The number of para-hydroxylation sites is 3. The van der Waals surface area contributed by atoms with E-state index in [1.807, 2.05) is 53.1 Å². The lowest BCUT2D eigenvalue weighted by Gasteiger charge is -2.11. The van der Waals surface area contributed by atoms with Crippen molar-refractivity contribution >= 4 is 79.5 Å². The maximum Gasteiger partial charge on any atom is 0.226 e. The zero-order valence-electron chi connectivity index (χ0n) is 16.1. The number of nitrogens with zero attached hydrogens (tertiary/aromatic N) is 3. The molecule has 0 radical (unpaired) electrons. The van der Waals surface area contributed by atoms with Gasteiger partial charge in [0.1, 0.15) is 5.52 Å². The SMILES string of the molecule is O=C(CCn1c2ccccc2c2nc3ccccc3nc21)Nc1c(Cl)cc(Cl)cc1Cl. The number of amides is 1. The van der Waals surface area contributed by atoms with E-state index in [2.05, 4.69) is 5.32 Å². The quantitative estimate of drug-likeness (QED) is 0.317. The number of halogens is 3. The summed E-state index contributed by atoms with van der Waals surface area (Å²) in [6.07, 6.45) is 0.206. The number of anilines is 1. The number of aromatic nitrogens is 3. The van der Waals surface area contributed by atoms with Gasteiger partial charge < -0.3 is 9.88 Å². The van der Waals surface area contributed by atoms with Crippen LogP contribution < -0.4 is 5.32 Å². The largest absolute Gasteiger partial charge is 0.323 e. The van der Waals surface area contributed by atoms with Crippen LogP contribution in [0.5, 0.6) is 0 Å². The topological polar surface area (TPSA) is 59.8 Å². The van der Waals surface area contributed by atoms with Gasteiger partial charge in [-0.2, -0.15) is 0 Å². The van der Waals surface area contributed by atoms with E-state index in [-0.39, 0.29) is 12.3 Å². The van der Waals surface area contributed by atoms with Crippen LogP contribution in [0.3, 0.4) is 0 Å². The Morgan fingerprint density at radius 3 is 2.29 bits per heavy atom. The van der Waals surface area contributed by atoms with Gasteiger partial charge in [-0.25, -0.2) is 9.97 Å². The molecule has 0 aliphatic heterocycles. The summed E-state index contributed by atoms with van der Waals surface area (Å²) < 4.78 is 2.02. The molecule has 5 rings (SSSR count). The third-order valence-electron chi connectivity index (χ3n) is 5.09. The highest BCUT2D eigenvalue weighted by Gasteiger charge is 2.16. The maximum atomic E-state index is 12.7. The predicted molar refractivity (Wildman–Crippen MR) is 127 cm³/mol. The first-order chi connectivity index (χ1) is 15.0. The van der Waals surface area contributed by atoms with Crippen LogP contribution in [0.25, 0.3) is 33.1 Å². The summed E-state index contributed by atoms with van der Waals surface area (Å²) in [4.78, 5) is 22.3. The fourth-order valence-electron chi connectivity index (χ4n) is 3.69. The van der Waals surface area contributed by atoms with E-state index >= 15 is 0 Å². The normalized spacial score (nSPS) is 11.5. The van der Waals surface area contributed by atoms with Crippen LogP contribution >= 0.6 is 34.8 Å². The zero-order chi connectivity index (χ0) is 21.5. The van der Waals surface area contributed by atoms with Gasteiger partial charge in [0, 0.05) is 23.4 Å². The maximum absolute atomic E-state index is 12.7. The summed E-state index contributed by atoms with van der Waals surface area (Å²) in [7, 11) is 0. The Bertz CT molecular complexity index is 1460. The molecule has 0 spiro atoms. The molecule has 0 saturated carbocycles. The molecule has 5 nitrogen and oxygen atoms in total. The Labute approximate surface area is 192 Å². The summed E-state index contributed by atoms with van der Waals surface area (Å²) in [5, 5.41) is 4.77. The minimum Gasteiger partial charge on any atom is -0.323 e. The number of carbonyl (C=O) groups is 1. The molecule has 0 unspecified atom stereocenters. The second-order valence-electron chi connectivity index (χ2n) is 7.10. The molecule has 0 atom stereocenters. The van der Waals surface area contributed by atoms with Gasteiger partial charge in [0.15, 0.2) is 5.65 Å². The summed E-state index contributed by atoms with van der Waals surface area (Å²) in [5.74, 6) is -0.217. The molecule has 8 heteroatoms. The standard InChI is InChI=1S/C23H15Cl3N4O/c24-13-11-15(25)22(16(26)12-13)29-20(31)9-10-30-19-8-4-1-5-14(19)21-23(30)28-18-7-3-2-6-17(18)27-21/h1-8,11-12H,9-10H2,(H,29,31).